The molecule has 0 saturated carbocycles. The molecular formula is C19H20N6O2. The summed E-state index contributed by atoms with van der Waals surface area (Å²) in [6, 6.07) is 9.70. The number of imidazole rings is 1. The van der Waals surface area contributed by atoms with E-state index in [0.29, 0.717) is 24.0 Å². The molecule has 27 heavy (non-hydrogen) atoms. The minimum atomic E-state index is 0.500. The average molecular weight is 364 g/mol. The van der Waals surface area contributed by atoms with Crippen LogP contribution in [0.1, 0.15) is 11.6 Å². The summed E-state index contributed by atoms with van der Waals surface area (Å²) >= 11 is 0. The van der Waals surface area contributed by atoms with Crippen LogP contribution >= 0.6 is 0 Å². The molecule has 0 amide bonds. The van der Waals surface area contributed by atoms with Crippen molar-refractivity contribution in [2.45, 2.75) is 13.1 Å². The van der Waals surface area contributed by atoms with Crippen LogP contribution in [-0.4, -0.2) is 55.5 Å². The highest BCUT2D eigenvalue weighted by Gasteiger charge is 2.20. The molecule has 0 aliphatic carbocycles. The van der Waals surface area contributed by atoms with Crippen molar-refractivity contribution in [2.24, 2.45) is 0 Å². The average Bonchev–Trinajstić information content (AvgIpc) is 3.43. The van der Waals surface area contributed by atoms with Gasteiger partial charge >= 0.3 is 0 Å². The van der Waals surface area contributed by atoms with Crippen LogP contribution in [0.4, 0.5) is 0 Å². The highest BCUT2D eigenvalue weighted by atomic mass is 16.5. The van der Waals surface area contributed by atoms with Gasteiger partial charge in [0.25, 0.3) is 0 Å². The number of pyridine rings is 1. The van der Waals surface area contributed by atoms with E-state index < -0.39 is 0 Å². The Balaban J connectivity index is 1.16. The van der Waals surface area contributed by atoms with Crippen LogP contribution in [0, 0.1) is 0 Å². The third-order valence-electron chi connectivity index (χ3n) is 4.83. The van der Waals surface area contributed by atoms with Gasteiger partial charge in [-0.1, -0.05) is 11.2 Å². The lowest BCUT2D eigenvalue weighted by molar-refractivity contribution is 0.111. The molecule has 0 atom stereocenters. The highest BCUT2D eigenvalue weighted by Crippen LogP contribution is 2.17. The van der Waals surface area contributed by atoms with Gasteiger partial charge in [-0.2, -0.15) is 4.98 Å². The van der Waals surface area contributed by atoms with Gasteiger partial charge < -0.3 is 13.3 Å². The van der Waals surface area contributed by atoms with Gasteiger partial charge in [-0.15, -0.1) is 0 Å². The second-order valence-corrected chi connectivity index (χ2v) is 6.74. The molecule has 0 N–H and O–H groups in total. The zero-order valence-corrected chi connectivity index (χ0v) is 14.9. The Morgan fingerprint density at radius 3 is 2.56 bits per heavy atom. The lowest BCUT2D eigenvalue weighted by Gasteiger charge is -2.33. The Labute approximate surface area is 156 Å². The van der Waals surface area contributed by atoms with E-state index in [4.69, 9.17) is 8.94 Å². The fraction of sp³-hybridized carbons (Fsp3) is 0.316. The van der Waals surface area contributed by atoms with Crippen molar-refractivity contribution >= 4 is 5.65 Å². The number of nitrogens with zero attached hydrogens (tertiary/aromatic N) is 6. The van der Waals surface area contributed by atoms with Crippen molar-refractivity contribution in [1.29, 1.82) is 0 Å². The zero-order chi connectivity index (χ0) is 18.1. The molecule has 4 aromatic rings. The summed E-state index contributed by atoms with van der Waals surface area (Å²) in [6.45, 7) is 5.45. The second kappa shape index (κ2) is 6.98. The Morgan fingerprint density at radius 2 is 1.78 bits per heavy atom. The molecule has 5 rings (SSSR count). The maximum Gasteiger partial charge on any atom is 0.241 e. The second-order valence-electron chi connectivity index (χ2n) is 6.74. The summed E-state index contributed by atoms with van der Waals surface area (Å²) in [5.74, 6) is 1.75. The molecule has 1 saturated heterocycles. The first-order chi connectivity index (χ1) is 13.3. The minimum absolute atomic E-state index is 0.500. The first-order valence-electron chi connectivity index (χ1n) is 9.07. The highest BCUT2D eigenvalue weighted by molar-refractivity contribution is 5.44. The third kappa shape index (κ3) is 3.49. The summed E-state index contributed by atoms with van der Waals surface area (Å²) in [7, 11) is 0. The molecular weight excluding hydrogens is 344 g/mol. The largest absolute Gasteiger partial charge is 0.461 e. The van der Waals surface area contributed by atoms with Gasteiger partial charge in [0, 0.05) is 45.1 Å². The number of hydrogen-bond acceptors (Lipinski definition) is 7. The SMILES string of the molecule is c1coc(-c2noc(CN3CCN(Cc4cn5ccccc5n4)CC3)n2)c1. The summed E-state index contributed by atoms with van der Waals surface area (Å²) in [5, 5.41) is 3.99. The lowest BCUT2D eigenvalue weighted by Crippen LogP contribution is -2.45. The van der Waals surface area contributed by atoms with Gasteiger partial charge in [0.2, 0.25) is 11.7 Å². The maximum atomic E-state index is 5.36. The Bertz CT molecular complexity index is 981. The number of fused-ring (bicyclic) bond motifs is 1. The van der Waals surface area contributed by atoms with Crippen LogP contribution in [0.5, 0.6) is 0 Å². The molecule has 0 radical (unpaired) electrons. The van der Waals surface area contributed by atoms with E-state index in [9.17, 15) is 0 Å². The van der Waals surface area contributed by atoms with E-state index in [1.54, 1.807) is 6.26 Å². The van der Waals surface area contributed by atoms with Gasteiger partial charge in [0.1, 0.15) is 5.65 Å². The van der Waals surface area contributed by atoms with Gasteiger partial charge in [0.15, 0.2) is 5.76 Å². The normalized spacial score (nSPS) is 16.3. The van der Waals surface area contributed by atoms with Crippen LogP contribution in [0.2, 0.25) is 0 Å². The number of piperazine rings is 1. The zero-order valence-electron chi connectivity index (χ0n) is 14.9. The van der Waals surface area contributed by atoms with Crippen molar-refractivity contribution in [3.8, 4) is 11.6 Å². The monoisotopic (exact) mass is 364 g/mol. The van der Waals surface area contributed by atoms with Crippen LogP contribution in [-0.2, 0) is 13.1 Å². The van der Waals surface area contributed by atoms with Crippen molar-refractivity contribution in [2.75, 3.05) is 26.2 Å². The molecule has 8 nitrogen and oxygen atoms in total. The molecule has 1 fully saturated rings. The fourth-order valence-electron chi connectivity index (χ4n) is 3.41. The van der Waals surface area contributed by atoms with E-state index in [1.807, 2.05) is 36.5 Å². The van der Waals surface area contributed by atoms with Gasteiger partial charge in [-0.25, -0.2) is 4.98 Å². The van der Waals surface area contributed by atoms with Crippen molar-refractivity contribution in [3.63, 3.8) is 0 Å². The van der Waals surface area contributed by atoms with Crippen molar-refractivity contribution < 1.29 is 8.94 Å². The fourth-order valence-corrected chi connectivity index (χ4v) is 3.41. The number of hydrogen-bond donors (Lipinski definition) is 0. The summed E-state index contributed by atoms with van der Waals surface area (Å²) in [4.78, 5) is 13.9. The molecule has 0 bridgehead atoms. The molecule has 0 aromatic carbocycles. The summed E-state index contributed by atoms with van der Waals surface area (Å²) in [5.41, 5.74) is 2.10. The Kier molecular flexibility index (Phi) is 4.19. The quantitative estimate of drug-likeness (QED) is 0.538. The van der Waals surface area contributed by atoms with Gasteiger partial charge in [-0.05, 0) is 24.3 Å². The first-order valence-corrected chi connectivity index (χ1v) is 9.07. The van der Waals surface area contributed by atoms with Gasteiger partial charge in [-0.3, -0.25) is 9.80 Å². The molecule has 0 unspecified atom stereocenters. The molecule has 138 valence electrons. The maximum absolute atomic E-state index is 5.36. The third-order valence-corrected chi connectivity index (χ3v) is 4.83. The summed E-state index contributed by atoms with van der Waals surface area (Å²) < 4.78 is 12.7. The van der Waals surface area contributed by atoms with Crippen LogP contribution in [0.3, 0.4) is 0 Å². The standard InChI is InChI=1S/C19H20N6O2/c1-2-6-25-13-15(20-17(25)5-1)12-23-7-9-24(10-8-23)14-18-21-19(22-27-18)16-4-3-11-26-16/h1-6,11,13H,7-10,12,14H2. The van der Waals surface area contributed by atoms with E-state index >= 15 is 0 Å². The van der Waals surface area contributed by atoms with E-state index in [1.165, 1.54) is 0 Å². The van der Waals surface area contributed by atoms with Crippen molar-refractivity contribution in [3.05, 3.63) is 60.6 Å². The molecule has 5 heterocycles. The Morgan fingerprint density at radius 1 is 0.926 bits per heavy atom. The number of aromatic nitrogens is 4. The Hall–Kier alpha value is -2.97. The summed E-state index contributed by atoms with van der Waals surface area (Å²) in [6.07, 6.45) is 5.75. The lowest BCUT2D eigenvalue weighted by atomic mass is 10.3. The molecule has 4 aromatic heterocycles. The predicted octanol–water partition coefficient (Wildman–Crippen LogP) is 2.30. The van der Waals surface area contributed by atoms with Crippen LogP contribution in [0.15, 0.2) is 57.9 Å². The van der Waals surface area contributed by atoms with E-state index in [2.05, 4.69) is 35.5 Å². The smallest absolute Gasteiger partial charge is 0.241 e. The molecule has 8 heteroatoms. The number of furan rings is 1. The molecule has 1 aliphatic heterocycles. The molecule has 1 aliphatic rings. The van der Waals surface area contributed by atoms with Crippen LogP contribution in [0.25, 0.3) is 17.2 Å². The first kappa shape index (κ1) is 16.2. The van der Waals surface area contributed by atoms with Crippen LogP contribution < -0.4 is 0 Å². The van der Waals surface area contributed by atoms with E-state index in [0.717, 1.165) is 44.1 Å². The van der Waals surface area contributed by atoms with Crippen molar-refractivity contribution in [1.82, 2.24) is 29.3 Å². The number of rotatable bonds is 5. The molecule has 0 spiro atoms. The van der Waals surface area contributed by atoms with E-state index in [-0.39, 0.29) is 0 Å². The minimum Gasteiger partial charge on any atom is -0.461 e. The topological polar surface area (TPSA) is 75.8 Å². The predicted molar refractivity (Wildman–Crippen MR) is 97.7 cm³/mol. The van der Waals surface area contributed by atoms with Gasteiger partial charge in [0.05, 0.1) is 18.5 Å².